The number of hydrogen-bond donors (Lipinski definition) is 2. The summed E-state index contributed by atoms with van der Waals surface area (Å²) in [6.45, 7) is 5.01. The van der Waals surface area contributed by atoms with E-state index in [0.29, 0.717) is 0 Å². The number of aliphatic hydroxyl groups excluding tert-OH is 1. The van der Waals surface area contributed by atoms with Gasteiger partial charge in [-0.3, -0.25) is 0 Å². The van der Waals surface area contributed by atoms with Gasteiger partial charge in [-0.15, -0.1) is 0 Å². The molecule has 0 aromatic carbocycles. The van der Waals surface area contributed by atoms with Gasteiger partial charge in [0, 0.05) is 18.2 Å². The van der Waals surface area contributed by atoms with Crippen molar-refractivity contribution in [3.63, 3.8) is 0 Å². The van der Waals surface area contributed by atoms with E-state index >= 15 is 0 Å². The quantitative estimate of drug-likeness (QED) is 0.829. The molecule has 0 unspecified atom stereocenters. The zero-order valence-corrected chi connectivity index (χ0v) is 11.9. The second-order valence-electron chi connectivity index (χ2n) is 5.74. The molecule has 1 aromatic heterocycles. The van der Waals surface area contributed by atoms with Crippen LogP contribution in [0.4, 0.5) is 5.82 Å². The number of aromatic nitrogens is 1. The van der Waals surface area contributed by atoms with Crippen molar-refractivity contribution < 1.29 is 9.84 Å². The smallest absolute Gasteiger partial charge is 0.168 e. The number of aliphatic hydroxyl groups is 1. The SMILES string of the molecule is CC(C)Oc1cccnc1NCC1(CO)CCCC1. The number of rotatable bonds is 6. The molecular formula is C15H24N2O2. The van der Waals surface area contributed by atoms with Crippen molar-refractivity contribution in [2.75, 3.05) is 18.5 Å². The van der Waals surface area contributed by atoms with Gasteiger partial charge in [-0.2, -0.15) is 0 Å². The molecule has 0 bridgehead atoms. The van der Waals surface area contributed by atoms with Gasteiger partial charge in [0.2, 0.25) is 0 Å². The van der Waals surface area contributed by atoms with Gasteiger partial charge >= 0.3 is 0 Å². The summed E-state index contributed by atoms with van der Waals surface area (Å²) in [5.74, 6) is 1.56. The van der Waals surface area contributed by atoms with Crippen molar-refractivity contribution in [3.05, 3.63) is 18.3 Å². The second kappa shape index (κ2) is 6.24. The molecule has 1 saturated carbocycles. The van der Waals surface area contributed by atoms with E-state index in [0.717, 1.165) is 31.0 Å². The van der Waals surface area contributed by atoms with E-state index in [9.17, 15) is 5.11 Å². The van der Waals surface area contributed by atoms with E-state index in [1.807, 2.05) is 26.0 Å². The van der Waals surface area contributed by atoms with E-state index < -0.39 is 0 Å². The third-order valence-electron chi connectivity index (χ3n) is 3.76. The van der Waals surface area contributed by atoms with Gasteiger partial charge in [-0.1, -0.05) is 12.8 Å². The van der Waals surface area contributed by atoms with E-state index in [-0.39, 0.29) is 18.1 Å². The van der Waals surface area contributed by atoms with Gasteiger partial charge in [-0.05, 0) is 38.8 Å². The first-order valence-electron chi connectivity index (χ1n) is 7.12. The fraction of sp³-hybridized carbons (Fsp3) is 0.667. The van der Waals surface area contributed by atoms with Crippen LogP contribution >= 0.6 is 0 Å². The molecule has 1 aliphatic rings. The van der Waals surface area contributed by atoms with E-state index in [1.165, 1.54) is 12.8 Å². The van der Waals surface area contributed by atoms with Gasteiger partial charge in [0.05, 0.1) is 12.7 Å². The Labute approximate surface area is 115 Å². The van der Waals surface area contributed by atoms with Crippen molar-refractivity contribution in [2.24, 2.45) is 5.41 Å². The fourth-order valence-electron chi connectivity index (χ4n) is 2.66. The molecule has 19 heavy (non-hydrogen) atoms. The lowest BCUT2D eigenvalue weighted by atomic mass is 9.87. The summed E-state index contributed by atoms with van der Waals surface area (Å²) in [5.41, 5.74) is 0.0205. The van der Waals surface area contributed by atoms with Gasteiger partial charge in [-0.25, -0.2) is 4.98 Å². The number of ether oxygens (including phenoxy) is 1. The highest BCUT2D eigenvalue weighted by Crippen LogP contribution is 2.38. The molecule has 0 radical (unpaired) electrons. The summed E-state index contributed by atoms with van der Waals surface area (Å²) in [4.78, 5) is 4.34. The summed E-state index contributed by atoms with van der Waals surface area (Å²) in [6, 6.07) is 3.80. The Hall–Kier alpha value is -1.29. The molecule has 0 saturated heterocycles. The Kier molecular flexibility index (Phi) is 4.64. The van der Waals surface area contributed by atoms with Crippen LogP contribution in [0.25, 0.3) is 0 Å². The number of anilines is 1. The maximum Gasteiger partial charge on any atom is 0.168 e. The lowest BCUT2D eigenvalue weighted by Crippen LogP contribution is -2.31. The maximum absolute atomic E-state index is 9.62. The molecule has 4 nitrogen and oxygen atoms in total. The summed E-state index contributed by atoms with van der Waals surface area (Å²) in [7, 11) is 0. The van der Waals surface area contributed by atoms with E-state index in [1.54, 1.807) is 6.20 Å². The summed E-state index contributed by atoms with van der Waals surface area (Å²) in [5, 5.41) is 13.0. The van der Waals surface area contributed by atoms with E-state index in [2.05, 4.69) is 10.3 Å². The molecule has 2 rings (SSSR count). The lowest BCUT2D eigenvalue weighted by Gasteiger charge is -2.27. The second-order valence-corrected chi connectivity index (χ2v) is 5.74. The molecule has 106 valence electrons. The first-order chi connectivity index (χ1) is 9.15. The number of nitrogens with one attached hydrogen (secondary N) is 1. The Balaban J connectivity index is 2.02. The Bertz CT molecular complexity index is 401. The molecule has 0 aliphatic heterocycles. The van der Waals surface area contributed by atoms with Crippen molar-refractivity contribution in [3.8, 4) is 5.75 Å². The lowest BCUT2D eigenvalue weighted by molar-refractivity contribution is 0.142. The molecule has 0 spiro atoms. The van der Waals surface area contributed by atoms with Gasteiger partial charge in [0.25, 0.3) is 0 Å². The third-order valence-corrected chi connectivity index (χ3v) is 3.76. The molecular weight excluding hydrogens is 240 g/mol. The standard InChI is InChI=1S/C15H24N2O2/c1-12(2)19-13-6-5-9-16-14(13)17-10-15(11-18)7-3-4-8-15/h5-6,9,12,18H,3-4,7-8,10-11H2,1-2H3,(H,16,17). The van der Waals surface area contributed by atoms with Crippen LogP contribution in [-0.4, -0.2) is 29.3 Å². The zero-order valence-electron chi connectivity index (χ0n) is 11.9. The maximum atomic E-state index is 9.62. The first-order valence-corrected chi connectivity index (χ1v) is 7.12. The third kappa shape index (κ3) is 3.60. The molecule has 1 aliphatic carbocycles. The van der Waals surface area contributed by atoms with Crippen molar-refractivity contribution >= 4 is 5.82 Å². The van der Waals surface area contributed by atoms with Gasteiger partial charge in [0.15, 0.2) is 11.6 Å². The molecule has 1 aromatic rings. The fourth-order valence-corrected chi connectivity index (χ4v) is 2.66. The highest BCUT2D eigenvalue weighted by molar-refractivity contribution is 5.49. The minimum absolute atomic E-state index is 0.0205. The highest BCUT2D eigenvalue weighted by Gasteiger charge is 2.33. The predicted octanol–water partition coefficient (Wildman–Crippen LogP) is 2.83. The predicted molar refractivity (Wildman–Crippen MR) is 76.5 cm³/mol. The van der Waals surface area contributed by atoms with Gasteiger partial charge < -0.3 is 15.2 Å². The number of pyridine rings is 1. The Morgan fingerprint density at radius 2 is 2.16 bits per heavy atom. The zero-order chi connectivity index (χ0) is 13.7. The normalized spacial score (nSPS) is 17.7. The van der Waals surface area contributed by atoms with Crippen LogP contribution in [-0.2, 0) is 0 Å². The van der Waals surface area contributed by atoms with Crippen LogP contribution in [0.1, 0.15) is 39.5 Å². The van der Waals surface area contributed by atoms with Crippen LogP contribution in [0, 0.1) is 5.41 Å². The minimum Gasteiger partial charge on any atom is -0.487 e. The Morgan fingerprint density at radius 3 is 2.79 bits per heavy atom. The highest BCUT2D eigenvalue weighted by atomic mass is 16.5. The first kappa shape index (κ1) is 14.1. The Morgan fingerprint density at radius 1 is 1.42 bits per heavy atom. The monoisotopic (exact) mass is 264 g/mol. The number of nitrogens with zero attached hydrogens (tertiary/aromatic N) is 1. The van der Waals surface area contributed by atoms with Crippen molar-refractivity contribution in [1.82, 2.24) is 4.98 Å². The minimum atomic E-state index is 0.0205. The van der Waals surface area contributed by atoms with Gasteiger partial charge in [0.1, 0.15) is 0 Å². The molecule has 2 N–H and O–H groups in total. The summed E-state index contributed by atoms with van der Waals surface area (Å²) in [6.07, 6.45) is 6.48. The molecule has 1 fully saturated rings. The van der Waals surface area contributed by atoms with Crippen LogP contribution in [0.15, 0.2) is 18.3 Å². The average molecular weight is 264 g/mol. The average Bonchev–Trinajstić information content (AvgIpc) is 2.87. The van der Waals surface area contributed by atoms with Crippen LogP contribution in [0.5, 0.6) is 5.75 Å². The van der Waals surface area contributed by atoms with Crippen LogP contribution in [0.2, 0.25) is 0 Å². The summed E-state index contributed by atoms with van der Waals surface area (Å²) >= 11 is 0. The van der Waals surface area contributed by atoms with E-state index in [4.69, 9.17) is 4.74 Å². The topological polar surface area (TPSA) is 54.4 Å². The van der Waals surface area contributed by atoms with Crippen LogP contribution < -0.4 is 10.1 Å². The van der Waals surface area contributed by atoms with Crippen molar-refractivity contribution in [1.29, 1.82) is 0 Å². The van der Waals surface area contributed by atoms with Crippen LogP contribution in [0.3, 0.4) is 0 Å². The molecule has 4 heteroatoms. The van der Waals surface area contributed by atoms with Crippen molar-refractivity contribution in [2.45, 2.75) is 45.6 Å². The number of hydrogen-bond acceptors (Lipinski definition) is 4. The summed E-state index contributed by atoms with van der Waals surface area (Å²) < 4.78 is 5.74. The molecule has 0 atom stereocenters. The largest absolute Gasteiger partial charge is 0.487 e. The molecule has 1 heterocycles. The molecule has 0 amide bonds.